The summed E-state index contributed by atoms with van der Waals surface area (Å²) < 4.78 is 26.1. The fraction of sp³-hybridized carbons (Fsp3) is 0.333. The van der Waals surface area contributed by atoms with Gasteiger partial charge in [0.15, 0.2) is 0 Å². The van der Waals surface area contributed by atoms with E-state index in [2.05, 4.69) is 15.9 Å². The molecule has 0 N–H and O–H groups in total. The third-order valence-corrected chi connectivity index (χ3v) is 4.80. The molecule has 1 aliphatic heterocycles. The normalized spacial score (nSPS) is 16.7. The Hall–Kier alpha value is -2.25. The van der Waals surface area contributed by atoms with Gasteiger partial charge in [0.05, 0.1) is 11.1 Å². The Bertz CT molecular complexity index is 895. The molecule has 0 radical (unpaired) electrons. The van der Waals surface area contributed by atoms with Crippen LogP contribution >= 0.6 is 15.9 Å². The average molecular weight is 450 g/mol. The third-order valence-electron chi connectivity index (χ3n) is 4.19. The van der Waals surface area contributed by atoms with Crippen LogP contribution in [0.25, 0.3) is 0 Å². The van der Waals surface area contributed by atoms with Crippen molar-refractivity contribution < 1.29 is 23.5 Å². The fourth-order valence-electron chi connectivity index (χ4n) is 2.93. The van der Waals surface area contributed by atoms with Crippen molar-refractivity contribution in [3.63, 3.8) is 0 Å². The zero-order chi connectivity index (χ0) is 20.5. The Morgan fingerprint density at radius 2 is 1.89 bits per heavy atom. The van der Waals surface area contributed by atoms with Crippen molar-refractivity contribution in [2.24, 2.45) is 0 Å². The fourth-order valence-corrected chi connectivity index (χ4v) is 3.30. The lowest BCUT2D eigenvalue weighted by atomic mass is 9.97. The van der Waals surface area contributed by atoms with Crippen molar-refractivity contribution in [3.8, 4) is 0 Å². The van der Waals surface area contributed by atoms with Crippen LogP contribution in [0.2, 0.25) is 0 Å². The van der Waals surface area contributed by atoms with Crippen LogP contribution in [0.1, 0.15) is 42.3 Å². The number of fused-ring (bicyclic) bond motifs is 1. The molecule has 0 saturated heterocycles. The van der Waals surface area contributed by atoms with Gasteiger partial charge in [0.25, 0.3) is 5.91 Å². The van der Waals surface area contributed by atoms with E-state index in [1.807, 2.05) is 30.3 Å². The Labute approximate surface area is 171 Å². The Morgan fingerprint density at radius 3 is 2.54 bits per heavy atom. The first-order valence-corrected chi connectivity index (χ1v) is 9.65. The van der Waals surface area contributed by atoms with Crippen molar-refractivity contribution in [2.45, 2.75) is 45.6 Å². The minimum absolute atomic E-state index is 0.0401. The van der Waals surface area contributed by atoms with Gasteiger partial charge in [-0.3, -0.25) is 4.79 Å². The molecule has 1 atom stereocenters. The average Bonchev–Trinajstić information content (AvgIpc) is 2.62. The molecule has 0 aliphatic carbocycles. The molecule has 5 nitrogen and oxygen atoms in total. The van der Waals surface area contributed by atoms with E-state index in [0.29, 0.717) is 0 Å². The largest absolute Gasteiger partial charge is 0.443 e. The topological polar surface area (TPSA) is 55.8 Å². The van der Waals surface area contributed by atoms with E-state index in [1.165, 1.54) is 12.1 Å². The summed E-state index contributed by atoms with van der Waals surface area (Å²) in [6.45, 7) is 5.31. The molecule has 1 heterocycles. The quantitative estimate of drug-likeness (QED) is 0.656. The molecule has 0 saturated carbocycles. The van der Waals surface area contributed by atoms with Crippen LogP contribution in [0.4, 0.5) is 9.18 Å². The van der Waals surface area contributed by atoms with Crippen molar-refractivity contribution in [3.05, 3.63) is 69.4 Å². The van der Waals surface area contributed by atoms with E-state index in [1.54, 1.807) is 20.8 Å². The van der Waals surface area contributed by atoms with Gasteiger partial charge in [-0.05, 0) is 54.4 Å². The maximum atomic E-state index is 14.6. The number of amides is 2. The third kappa shape index (κ3) is 4.42. The van der Waals surface area contributed by atoms with Crippen LogP contribution in [0.3, 0.4) is 0 Å². The molecule has 7 heteroatoms. The molecule has 3 rings (SSSR count). The number of hydrogen-bond donors (Lipinski definition) is 0. The van der Waals surface area contributed by atoms with Crippen LogP contribution in [0.5, 0.6) is 0 Å². The highest BCUT2D eigenvalue weighted by Gasteiger charge is 2.41. The second-order valence-corrected chi connectivity index (χ2v) is 8.35. The van der Waals surface area contributed by atoms with E-state index in [4.69, 9.17) is 9.47 Å². The Balaban J connectivity index is 1.93. The predicted molar refractivity (Wildman–Crippen MR) is 105 cm³/mol. The molecule has 2 aromatic rings. The van der Waals surface area contributed by atoms with Crippen LogP contribution in [0.15, 0.2) is 46.9 Å². The molecule has 0 aromatic heterocycles. The molecule has 0 fully saturated rings. The number of carbonyl (C=O) groups is 2. The molecule has 148 valence electrons. The highest BCUT2D eigenvalue weighted by Crippen LogP contribution is 2.31. The summed E-state index contributed by atoms with van der Waals surface area (Å²) in [6, 6.07) is 12.3. The highest BCUT2D eigenvalue weighted by molar-refractivity contribution is 9.10. The lowest BCUT2D eigenvalue weighted by Gasteiger charge is -2.36. The Morgan fingerprint density at radius 1 is 1.21 bits per heavy atom. The van der Waals surface area contributed by atoms with Crippen molar-refractivity contribution in [2.75, 3.05) is 0 Å². The minimum Gasteiger partial charge on any atom is -0.443 e. The summed E-state index contributed by atoms with van der Waals surface area (Å²) in [5.41, 5.74) is 0.440. The van der Waals surface area contributed by atoms with E-state index in [9.17, 15) is 14.0 Å². The van der Waals surface area contributed by atoms with Crippen LogP contribution < -0.4 is 0 Å². The van der Waals surface area contributed by atoms with Crippen LogP contribution in [-0.2, 0) is 22.5 Å². The van der Waals surface area contributed by atoms with Crippen molar-refractivity contribution >= 4 is 27.9 Å². The minimum atomic E-state index is -0.973. The van der Waals surface area contributed by atoms with E-state index in [0.717, 1.165) is 10.5 Å². The lowest BCUT2D eigenvalue weighted by Crippen LogP contribution is -2.52. The number of halogens is 2. The Kier molecular flexibility index (Phi) is 5.86. The van der Waals surface area contributed by atoms with Crippen LogP contribution in [-0.4, -0.2) is 28.7 Å². The molecule has 2 aromatic carbocycles. The van der Waals surface area contributed by atoms with Gasteiger partial charge in [0.1, 0.15) is 17.6 Å². The predicted octanol–water partition coefficient (Wildman–Crippen LogP) is 5.06. The number of rotatable bonds is 3. The number of ether oxygens (including phenoxy) is 2. The molecule has 1 unspecified atom stereocenters. The van der Waals surface area contributed by atoms with E-state index in [-0.39, 0.29) is 28.6 Å². The lowest BCUT2D eigenvalue weighted by molar-refractivity contribution is -0.0645. The maximum Gasteiger partial charge on any atom is 0.419 e. The molecule has 28 heavy (non-hydrogen) atoms. The van der Waals surface area contributed by atoms with Gasteiger partial charge >= 0.3 is 6.09 Å². The first-order chi connectivity index (χ1) is 13.2. The highest BCUT2D eigenvalue weighted by atomic mass is 79.9. The summed E-state index contributed by atoms with van der Waals surface area (Å²) in [5.74, 6) is -1.16. The van der Waals surface area contributed by atoms with Gasteiger partial charge < -0.3 is 9.47 Å². The maximum absolute atomic E-state index is 14.6. The summed E-state index contributed by atoms with van der Waals surface area (Å²) in [5, 5.41) is 0. The smallest absolute Gasteiger partial charge is 0.419 e. The summed E-state index contributed by atoms with van der Waals surface area (Å²) in [7, 11) is 0. The molecule has 0 spiro atoms. The number of imide groups is 1. The van der Waals surface area contributed by atoms with Crippen LogP contribution in [0, 0.1) is 5.82 Å². The number of hydrogen-bond acceptors (Lipinski definition) is 4. The standard InChI is InChI=1S/C21H21BrFNO4/c1-21(2,3)28-20(26)24-17(27-12-13-7-5-4-6-8-13)11-15-14(19(24)25)9-10-16(22)18(15)23/h4-10,17H,11-12H2,1-3H3. The molecular formula is C21H21BrFNO4. The summed E-state index contributed by atoms with van der Waals surface area (Å²) in [4.78, 5) is 26.6. The number of carbonyl (C=O) groups excluding carboxylic acids is 2. The van der Waals surface area contributed by atoms with Gasteiger partial charge in [-0.15, -0.1) is 0 Å². The SMILES string of the molecule is CC(C)(C)OC(=O)N1C(=O)c2ccc(Br)c(F)c2CC1OCc1ccccc1. The zero-order valence-corrected chi connectivity index (χ0v) is 17.5. The van der Waals surface area contributed by atoms with Gasteiger partial charge in [0, 0.05) is 17.5 Å². The second-order valence-electron chi connectivity index (χ2n) is 7.50. The molecule has 1 aliphatic rings. The second kappa shape index (κ2) is 8.01. The first-order valence-electron chi connectivity index (χ1n) is 8.86. The first kappa shape index (κ1) is 20.5. The van der Waals surface area contributed by atoms with Crippen molar-refractivity contribution in [1.29, 1.82) is 0 Å². The summed E-state index contributed by atoms with van der Waals surface area (Å²) in [6.07, 6.45) is -1.75. The molecule has 0 bridgehead atoms. The number of nitrogens with zero attached hydrogens (tertiary/aromatic N) is 1. The van der Waals surface area contributed by atoms with Gasteiger partial charge in [-0.1, -0.05) is 30.3 Å². The summed E-state index contributed by atoms with van der Waals surface area (Å²) >= 11 is 3.14. The van der Waals surface area contributed by atoms with E-state index < -0.39 is 29.6 Å². The molecule has 2 amide bonds. The zero-order valence-electron chi connectivity index (χ0n) is 15.9. The van der Waals surface area contributed by atoms with Gasteiger partial charge in [0.2, 0.25) is 0 Å². The monoisotopic (exact) mass is 449 g/mol. The van der Waals surface area contributed by atoms with Gasteiger partial charge in [-0.2, -0.15) is 0 Å². The van der Waals surface area contributed by atoms with Crippen molar-refractivity contribution in [1.82, 2.24) is 4.90 Å². The number of benzene rings is 2. The van der Waals surface area contributed by atoms with E-state index >= 15 is 0 Å². The van der Waals surface area contributed by atoms with Gasteiger partial charge in [-0.25, -0.2) is 14.1 Å². The molecular weight excluding hydrogens is 429 g/mol.